The topological polar surface area (TPSA) is 88.1 Å². The number of hydrogen-bond donors (Lipinski definition) is 2. The number of likely N-dealkylation sites (tertiary alicyclic amines) is 1. The SMILES string of the molecule is COc1ccc([C@@]23CC[C@@H](NC(=O)c4cc(F)ccc4F)C[C@@H]2CN(C)C3)cc1OC.O=C(O)C(F)(F)F. The molecule has 1 amide bonds. The number of fused-ring (bicyclic) bond motifs is 1. The van der Waals surface area contributed by atoms with Crippen LogP contribution in [-0.2, 0) is 10.2 Å². The highest BCUT2D eigenvalue weighted by Gasteiger charge is 2.50. The lowest BCUT2D eigenvalue weighted by Gasteiger charge is -2.43. The van der Waals surface area contributed by atoms with E-state index < -0.39 is 29.7 Å². The monoisotopic (exact) mass is 544 g/mol. The first-order valence-electron chi connectivity index (χ1n) is 11.8. The molecule has 1 aliphatic carbocycles. The molecule has 12 heteroatoms. The van der Waals surface area contributed by atoms with Crippen molar-refractivity contribution in [1.82, 2.24) is 10.2 Å². The van der Waals surface area contributed by atoms with Gasteiger partial charge in [-0.2, -0.15) is 13.2 Å². The zero-order valence-electron chi connectivity index (χ0n) is 21.1. The van der Waals surface area contributed by atoms with Crippen LogP contribution in [0.1, 0.15) is 35.2 Å². The van der Waals surface area contributed by atoms with E-state index in [0.29, 0.717) is 17.4 Å². The zero-order chi connectivity index (χ0) is 28.3. The number of amides is 1. The van der Waals surface area contributed by atoms with Gasteiger partial charge in [-0.3, -0.25) is 4.79 Å². The largest absolute Gasteiger partial charge is 0.493 e. The van der Waals surface area contributed by atoms with Crippen LogP contribution in [0, 0.1) is 17.6 Å². The molecule has 2 aromatic rings. The molecule has 0 radical (unpaired) electrons. The Morgan fingerprint density at radius 2 is 1.74 bits per heavy atom. The number of benzene rings is 2. The van der Waals surface area contributed by atoms with Crippen molar-refractivity contribution in [1.29, 1.82) is 0 Å². The molecule has 2 fully saturated rings. The molecule has 4 rings (SSSR count). The molecule has 7 nitrogen and oxygen atoms in total. The third-order valence-electron chi connectivity index (χ3n) is 7.08. The number of carbonyl (C=O) groups is 2. The van der Waals surface area contributed by atoms with Crippen LogP contribution in [0.4, 0.5) is 22.0 Å². The molecular formula is C26H29F5N2O5. The van der Waals surface area contributed by atoms with Crippen LogP contribution in [-0.4, -0.2) is 68.5 Å². The molecule has 0 aromatic heterocycles. The smallest absolute Gasteiger partial charge is 0.490 e. The van der Waals surface area contributed by atoms with Gasteiger partial charge in [0.25, 0.3) is 5.91 Å². The number of likely N-dealkylation sites (N-methyl/N-ethyl adjacent to an activating group) is 1. The molecule has 0 spiro atoms. The number of nitrogens with zero attached hydrogens (tertiary/aromatic N) is 1. The number of alkyl halides is 3. The third kappa shape index (κ3) is 6.35. The Balaban J connectivity index is 0.000000505. The summed E-state index contributed by atoms with van der Waals surface area (Å²) in [6, 6.07) is 8.97. The molecule has 1 saturated carbocycles. The van der Waals surface area contributed by atoms with E-state index in [1.54, 1.807) is 14.2 Å². The Hall–Kier alpha value is -3.41. The molecule has 38 heavy (non-hydrogen) atoms. The van der Waals surface area contributed by atoms with Gasteiger partial charge in [0.2, 0.25) is 0 Å². The molecule has 0 bridgehead atoms. The van der Waals surface area contributed by atoms with E-state index in [2.05, 4.69) is 29.4 Å². The summed E-state index contributed by atoms with van der Waals surface area (Å²) in [6.45, 7) is 1.83. The number of carbonyl (C=O) groups excluding carboxylic acids is 1. The highest BCUT2D eigenvalue weighted by atomic mass is 19.4. The standard InChI is InChI=1S/C24H28F2N2O3.C2HF3O2/c1-28-13-16-10-18(27-23(29)19-12-17(25)5-6-20(19)26)8-9-24(16,14-28)15-4-7-21(30-2)22(11-15)31-3;3-2(4,5)1(6)7/h4-7,11-12,16,18H,8-10,13-14H2,1-3H3,(H,27,29);(H,6,7)/t16-,18-,24+;/m1./s1. The molecule has 2 aliphatic rings. The van der Waals surface area contributed by atoms with E-state index in [1.165, 1.54) is 5.56 Å². The number of carboxylic acids is 1. The second-order valence-electron chi connectivity index (χ2n) is 9.49. The van der Waals surface area contributed by atoms with Crippen molar-refractivity contribution in [3.05, 3.63) is 59.2 Å². The number of methoxy groups -OCH3 is 2. The fourth-order valence-corrected chi connectivity index (χ4v) is 5.39. The van der Waals surface area contributed by atoms with Gasteiger partial charge in [-0.25, -0.2) is 13.6 Å². The normalized spacial score (nSPS) is 23.1. The predicted molar refractivity (Wildman–Crippen MR) is 127 cm³/mol. The van der Waals surface area contributed by atoms with Crippen LogP contribution in [0.25, 0.3) is 0 Å². The Bertz CT molecular complexity index is 1180. The van der Waals surface area contributed by atoms with Crippen LogP contribution in [0.15, 0.2) is 36.4 Å². The number of aliphatic carboxylic acids is 1. The van der Waals surface area contributed by atoms with Crippen molar-refractivity contribution in [3.8, 4) is 11.5 Å². The predicted octanol–water partition coefficient (Wildman–Crippen LogP) is 4.40. The number of hydrogen-bond acceptors (Lipinski definition) is 5. The Kier molecular flexibility index (Phi) is 8.86. The lowest BCUT2D eigenvalue weighted by Crippen LogP contribution is -2.47. The average Bonchev–Trinajstić information content (AvgIpc) is 3.20. The van der Waals surface area contributed by atoms with Gasteiger partial charge in [0.05, 0.1) is 19.8 Å². The van der Waals surface area contributed by atoms with E-state index >= 15 is 0 Å². The molecule has 3 atom stereocenters. The summed E-state index contributed by atoms with van der Waals surface area (Å²) >= 11 is 0. The Morgan fingerprint density at radius 3 is 2.34 bits per heavy atom. The minimum atomic E-state index is -5.08. The minimum absolute atomic E-state index is 0.0420. The van der Waals surface area contributed by atoms with Crippen LogP contribution in [0.2, 0.25) is 0 Å². The molecule has 2 N–H and O–H groups in total. The van der Waals surface area contributed by atoms with Gasteiger partial charge in [-0.15, -0.1) is 0 Å². The second-order valence-corrected chi connectivity index (χ2v) is 9.49. The minimum Gasteiger partial charge on any atom is -0.493 e. The molecule has 1 aliphatic heterocycles. The molecule has 208 valence electrons. The van der Waals surface area contributed by atoms with Crippen molar-refractivity contribution >= 4 is 11.9 Å². The maximum absolute atomic E-state index is 14.0. The summed E-state index contributed by atoms with van der Waals surface area (Å²) in [5, 5.41) is 10.1. The second kappa shape index (κ2) is 11.5. The van der Waals surface area contributed by atoms with Crippen molar-refractivity contribution in [2.24, 2.45) is 5.92 Å². The highest BCUT2D eigenvalue weighted by Crippen LogP contribution is 2.49. The van der Waals surface area contributed by atoms with E-state index in [-0.39, 0.29) is 17.0 Å². The first-order chi connectivity index (χ1) is 17.8. The first kappa shape index (κ1) is 29.2. The lowest BCUT2D eigenvalue weighted by atomic mass is 9.63. The van der Waals surface area contributed by atoms with Gasteiger partial charge in [-0.1, -0.05) is 6.07 Å². The van der Waals surface area contributed by atoms with Crippen LogP contribution in [0.5, 0.6) is 11.5 Å². The van der Waals surface area contributed by atoms with Crippen LogP contribution >= 0.6 is 0 Å². The van der Waals surface area contributed by atoms with Crippen LogP contribution in [0.3, 0.4) is 0 Å². The third-order valence-corrected chi connectivity index (χ3v) is 7.08. The number of nitrogens with one attached hydrogen (secondary N) is 1. The fraction of sp³-hybridized carbons (Fsp3) is 0.462. The van der Waals surface area contributed by atoms with Crippen molar-refractivity contribution < 1.29 is 46.1 Å². The highest BCUT2D eigenvalue weighted by molar-refractivity contribution is 5.94. The van der Waals surface area contributed by atoms with Gasteiger partial charge >= 0.3 is 12.1 Å². The van der Waals surface area contributed by atoms with Crippen LogP contribution < -0.4 is 14.8 Å². The van der Waals surface area contributed by atoms with E-state index in [9.17, 15) is 26.7 Å². The van der Waals surface area contributed by atoms with Crippen molar-refractivity contribution in [2.45, 2.75) is 36.9 Å². The Morgan fingerprint density at radius 1 is 1.08 bits per heavy atom. The van der Waals surface area contributed by atoms with E-state index in [1.807, 2.05) is 6.07 Å². The summed E-state index contributed by atoms with van der Waals surface area (Å²) < 4.78 is 70.1. The van der Waals surface area contributed by atoms with E-state index in [4.69, 9.17) is 19.4 Å². The van der Waals surface area contributed by atoms with Gasteiger partial charge in [0, 0.05) is 24.5 Å². The first-order valence-corrected chi connectivity index (χ1v) is 11.8. The number of ether oxygens (including phenoxy) is 2. The summed E-state index contributed by atoms with van der Waals surface area (Å²) in [4.78, 5) is 23.8. The molecule has 2 aromatic carbocycles. The average molecular weight is 545 g/mol. The van der Waals surface area contributed by atoms with Gasteiger partial charge in [0.15, 0.2) is 11.5 Å². The molecule has 1 heterocycles. The molecule has 0 unspecified atom stereocenters. The number of carboxylic acid groups (broad SMARTS) is 1. The Labute approximate surface area is 216 Å². The number of halogens is 5. The van der Waals surface area contributed by atoms with Gasteiger partial charge in [-0.05, 0) is 68.1 Å². The summed E-state index contributed by atoms with van der Waals surface area (Å²) in [7, 11) is 5.36. The summed E-state index contributed by atoms with van der Waals surface area (Å²) in [5.41, 5.74) is 0.917. The quantitative estimate of drug-likeness (QED) is 0.543. The molecular weight excluding hydrogens is 515 g/mol. The maximum Gasteiger partial charge on any atom is 0.490 e. The summed E-state index contributed by atoms with van der Waals surface area (Å²) in [5.74, 6) is -2.93. The molecule has 1 saturated heterocycles. The van der Waals surface area contributed by atoms with Crippen molar-refractivity contribution in [2.75, 3.05) is 34.4 Å². The summed E-state index contributed by atoms with van der Waals surface area (Å²) in [6.07, 6.45) is -2.66. The van der Waals surface area contributed by atoms with E-state index in [0.717, 1.165) is 50.6 Å². The van der Waals surface area contributed by atoms with Gasteiger partial charge < -0.3 is 24.8 Å². The maximum atomic E-state index is 14.0. The zero-order valence-corrected chi connectivity index (χ0v) is 21.1. The van der Waals surface area contributed by atoms with Gasteiger partial charge in [0.1, 0.15) is 11.6 Å². The van der Waals surface area contributed by atoms with Crippen molar-refractivity contribution in [3.63, 3.8) is 0 Å². The number of rotatable bonds is 5. The lowest BCUT2D eigenvalue weighted by molar-refractivity contribution is -0.192. The fourth-order valence-electron chi connectivity index (χ4n) is 5.39.